The zero-order valence-corrected chi connectivity index (χ0v) is 9.94. The van der Waals surface area contributed by atoms with Gasteiger partial charge in [-0.2, -0.15) is 0 Å². The van der Waals surface area contributed by atoms with Crippen LogP contribution in [-0.4, -0.2) is 15.6 Å². The van der Waals surface area contributed by atoms with Crippen LogP contribution < -0.4 is 10.9 Å². The fourth-order valence-electron chi connectivity index (χ4n) is 1.51. The minimum absolute atomic E-state index is 0.0553. The van der Waals surface area contributed by atoms with E-state index in [1.165, 1.54) is 0 Å². The van der Waals surface area contributed by atoms with E-state index in [1.807, 2.05) is 19.9 Å². The van der Waals surface area contributed by atoms with E-state index in [0.29, 0.717) is 5.82 Å². The van der Waals surface area contributed by atoms with Crippen molar-refractivity contribution >= 4 is 5.82 Å². The van der Waals surface area contributed by atoms with E-state index in [-0.39, 0.29) is 11.6 Å². The van der Waals surface area contributed by atoms with Crippen LogP contribution in [0.3, 0.4) is 0 Å². The summed E-state index contributed by atoms with van der Waals surface area (Å²) >= 11 is 0. The number of nitrogens with zero attached hydrogens (tertiary/aromatic N) is 2. The number of hydrogen-bond donors (Lipinski definition) is 1. The van der Waals surface area contributed by atoms with E-state index in [9.17, 15) is 4.79 Å². The van der Waals surface area contributed by atoms with Crippen LogP contribution in [0.25, 0.3) is 0 Å². The second-order valence-electron chi connectivity index (χ2n) is 3.84. The maximum atomic E-state index is 11.9. The molecule has 0 aromatic carbocycles. The van der Waals surface area contributed by atoms with Gasteiger partial charge in [0.15, 0.2) is 5.82 Å². The third-order valence-electron chi connectivity index (χ3n) is 2.28. The zero-order valence-electron chi connectivity index (χ0n) is 9.94. The van der Waals surface area contributed by atoms with Crippen molar-refractivity contribution in [3.63, 3.8) is 0 Å². The summed E-state index contributed by atoms with van der Waals surface area (Å²) in [4.78, 5) is 16.0. The Bertz CT molecular complexity index is 397. The van der Waals surface area contributed by atoms with Gasteiger partial charge in [-0.3, -0.25) is 4.79 Å². The smallest absolute Gasteiger partial charge is 0.293 e. The minimum Gasteiger partial charge on any atom is -0.363 e. The molecule has 0 saturated heterocycles. The summed E-state index contributed by atoms with van der Waals surface area (Å²) in [6, 6.07) is 0.176. The van der Waals surface area contributed by atoms with Crippen LogP contribution in [0.5, 0.6) is 0 Å². The summed E-state index contributed by atoms with van der Waals surface area (Å²) in [5, 5.41) is 3.09. The number of aryl methyl sites for hydroxylation is 1. The van der Waals surface area contributed by atoms with Gasteiger partial charge >= 0.3 is 0 Å². The predicted molar refractivity (Wildman–Crippen MR) is 66.7 cm³/mol. The molecule has 0 fully saturated rings. The third-order valence-corrected chi connectivity index (χ3v) is 2.28. The molecule has 1 unspecified atom stereocenters. The largest absolute Gasteiger partial charge is 0.363 e. The second-order valence-corrected chi connectivity index (χ2v) is 3.84. The first kappa shape index (κ1) is 12.5. The van der Waals surface area contributed by atoms with Crippen molar-refractivity contribution in [3.8, 4) is 0 Å². The van der Waals surface area contributed by atoms with Crippen molar-refractivity contribution < 1.29 is 0 Å². The molecule has 1 rings (SSSR count). The van der Waals surface area contributed by atoms with Gasteiger partial charge in [-0.1, -0.05) is 13.0 Å². The molecule has 1 aromatic rings. The molecule has 0 aliphatic heterocycles. The first-order chi connectivity index (χ1) is 7.69. The molecule has 0 saturated carbocycles. The van der Waals surface area contributed by atoms with E-state index in [4.69, 9.17) is 0 Å². The summed E-state index contributed by atoms with van der Waals surface area (Å²) in [5.41, 5.74) is -0.0553. The highest BCUT2D eigenvalue weighted by molar-refractivity contribution is 5.32. The molecule has 0 aliphatic carbocycles. The molecule has 0 radical (unpaired) electrons. The van der Waals surface area contributed by atoms with Gasteiger partial charge in [0.1, 0.15) is 0 Å². The Kier molecular flexibility index (Phi) is 4.76. The van der Waals surface area contributed by atoms with E-state index in [0.717, 1.165) is 19.4 Å². The first-order valence-electron chi connectivity index (χ1n) is 5.62. The average molecular weight is 221 g/mol. The lowest BCUT2D eigenvalue weighted by molar-refractivity contribution is 0.647. The monoisotopic (exact) mass is 221 g/mol. The third kappa shape index (κ3) is 3.22. The Morgan fingerprint density at radius 2 is 2.44 bits per heavy atom. The van der Waals surface area contributed by atoms with Crippen molar-refractivity contribution in [1.29, 1.82) is 0 Å². The van der Waals surface area contributed by atoms with Gasteiger partial charge in [-0.05, 0) is 19.8 Å². The topological polar surface area (TPSA) is 46.9 Å². The molecular formula is C12H19N3O. The average Bonchev–Trinajstić information content (AvgIpc) is 2.24. The van der Waals surface area contributed by atoms with Crippen molar-refractivity contribution in [2.75, 3.05) is 5.32 Å². The molecule has 0 amide bonds. The highest BCUT2D eigenvalue weighted by atomic mass is 16.1. The van der Waals surface area contributed by atoms with Crippen molar-refractivity contribution in [1.82, 2.24) is 9.55 Å². The lowest BCUT2D eigenvalue weighted by Gasteiger charge is -2.12. The van der Waals surface area contributed by atoms with Gasteiger partial charge in [0.05, 0.1) is 0 Å². The quantitative estimate of drug-likeness (QED) is 0.748. The van der Waals surface area contributed by atoms with Gasteiger partial charge in [0.2, 0.25) is 0 Å². The van der Waals surface area contributed by atoms with Gasteiger partial charge in [-0.15, -0.1) is 6.58 Å². The molecule has 88 valence electrons. The van der Waals surface area contributed by atoms with Gasteiger partial charge < -0.3 is 9.88 Å². The Hall–Kier alpha value is -1.58. The number of anilines is 1. The van der Waals surface area contributed by atoms with Gasteiger partial charge in [0.25, 0.3) is 5.56 Å². The lowest BCUT2D eigenvalue weighted by atomic mass is 10.2. The molecule has 0 aliphatic rings. The fourth-order valence-corrected chi connectivity index (χ4v) is 1.51. The Balaban J connectivity index is 2.84. The number of aromatic nitrogens is 2. The Morgan fingerprint density at radius 3 is 3.06 bits per heavy atom. The van der Waals surface area contributed by atoms with Gasteiger partial charge in [-0.25, -0.2) is 4.98 Å². The minimum atomic E-state index is -0.0553. The molecule has 1 heterocycles. The van der Waals surface area contributed by atoms with Crippen molar-refractivity contribution in [3.05, 3.63) is 35.4 Å². The van der Waals surface area contributed by atoms with Crippen LogP contribution in [0.15, 0.2) is 29.8 Å². The van der Waals surface area contributed by atoms with Gasteiger partial charge in [0, 0.05) is 25.0 Å². The molecule has 4 heteroatoms. The maximum absolute atomic E-state index is 11.9. The molecule has 1 N–H and O–H groups in total. The maximum Gasteiger partial charge on any atom is 0.293 e. The van der Waals surface area contributed by atoms with E-state index >= 15 is 0 Å². The molecule has 1 aromatic heterocycles. The SMILES string of the molecule is C=CCC(C)Nc1nccn(CCC)c1=O. The van der Waals surface area contributed by atoms with Crippen LogP contribution in [0.2, 0.25) is 0 Å². The van der Waals surface area contributed by atoms with Crippen LogP contribution >= 0.6 is 0 Å². The van der Waals surface area contributed by atoms with Crippen LogP contribution in [0, 0.1) is 0 Å². The molecule has 0 bridgehead atoms. The molecule has 0 spiro atoms. The van der Waals surface area contributed by atoms with E-state index < -0.39 is 0 Å². The summed E-state index contributed by atoms with van der Waals surface area (Å²) in [6.07, 6.45) is 6.94. The van der Waals surface area contributed by atoms with Crippen LogP contribution in [0.1, 0.15) is 26.7 Å². The first-order valence-corrected chi connectivity index (χ1v) is 5.62. The fraction of sp³-hybridized carbons (Fsp3) is 0.500. The molecule has 4 nitrogen and oxygen atoms in total. The predicted octanol–water partition coefficient (Wildman–Crippen LogP) is 2.03. The molecular weight excluding hydrogens is 202 g/mol. The Morgan fingerprint density at radius 1 is 1.69 bits per heavy atom. The summed E-state index contributed by atoms with van der Waals surface area (Å²) < 4.78 is 1.68. The summed E-state index contributed by atoms with van der Waals surface area (Å²) in [6.45, 7) is 8.44. The standard InChI is InChI=1S/C12H19N3O/c1-4-6-10(3)14-11-12(16)15(8-5-2)9-7-13-11/h4,7,9-10H,1,5-6,8H2,2-3H3,(H,13,14). The highest BCUT2D eigenvalue weighted by Gasteiger charge is 2.06. The highest BCUT2D eigenvalue weighted by Crippen LogP contribution is 2.00. The van der Waals surface area contributed by atoms with Crippen molar-refractivity contribution in [2.24, 2.45) is 0 Å². The molecule has 1 atom stereocenters. The lowest BCUT2D eigenvalue weighted by Crippen LogP contribution is -2.27. The van der Waals surface area contributed by atoms with E-state index in [2.05, 4.69) is 16.9 Å². The number of rotatable bonds is 6. The summed E-state index contributed by atoms with van der Waals surface area (Å²) in [5.74, 6) is 0.422. The summed E-state index contributed by atoms with van der Waals surface area (Å²) in [7, 11) is 0. The zero-order chi connectivity index (χ0) is 12.0. The normalized spacial score (nSPS) is 12.1. The number of nitrogens with one attached hydrogen (secondary N) is 1. The van der Waals surface area contributed by atoms with Crippen LogP contribution in [0.4, 0.5) is 5.82 Å². The Labute approximate surface area is 96.0 Å². The van der Waals surface area contributed by atoms with Crippen LogP contribution in [-0.2, 0) is 6.54 Å². The molecule has 16 heavy (non-hydrogen) atoms. The second kappa shape index (κ2) is 6.10. The number of hydrogen-bond acceptors (Lipinski definition) is 3. The van der Waals surface area contributed by atoms with Crippen molar-refractivity contribution in [2.45, 2.75) is 39.3 Å². The van der Waals surface area contributed by atoms with E-state index in [1.54, 1.807) is 17.0 Å².